The zero-order chi connectivity index (χ0) is 17.7. The molecule has 0 amide bonds. The standard InChI is InChI=1S/C20H26N2O2/c1-14(8-9-17-15(2)7-6-10-20(17,3)4)11-16-12-21-18(22-13-16)19(23)24-5/h8-9,11-13H,6-7,10H2,1-5H3/b9-8?,14-11+. The molecule has 0 atom stereocenters. The van der Waals surface area contributed by atoms with Crippen molar-refractivity contribution < 1.29 is 9.53 Å². The second-order valence-corrected chi connectivity index (χ2v) is 6.98. The van der Waals surface area contributed by atoms with Crippen LogP contribution in [0.1, 0.15) is 63.1 Å². The summed E-state index contributed by atoms with van der Waals surface area (Å²) in [7, 11) is 1.32. The molecule has 1 aliphatic carbocycles. The summed E-state index contributed by atoms with van der Waals surface area (Å²) in [5.41, 5.74) is 5.15. The fraction of sp³-hybridized carbons (Fsp3) is 0.450. The molecule has 0 unspecified atom stereocenters. The molecule has 24 heavy (non-hydrogen) atoms. The van der Waals surface area contributed by atoms with Crippen molar-refractivity contribution in [2.75, 3.05) is 7.11 Å². The Bertz CT molecular complexity index is 695. The summed E-state index contributed by atoms with van der Waals surface area (Å²) < 4.78 is 4.60. The second kappa shape index (κ2) is 7.56. The van der Waals surface area contributed by atoms with E-state index in [-0.39, 0.29) is 11.2 Å². The van der Waals surface area contributed by atoms with Gasteiger partial charge in [0.1, 0.15) is 0 Å². The van der Waals surface area contributed by atoms with Crippen molar-refractivity contribution in [2.24, 2.45) is 5.41 Å². The van der Waals surface area contributed by atoms with E-state index in [0.29, 0.717) is 0 Å². The van der Waals surface area contributed by atoms with E-state index < -0.39 is 5.97 Å². The van der Waals surface area contributed by atoms with Crippen molar-refractivity contribution in [3.05, 3.63) is 52.7 Å². The molecule has 128 valence electrons. The number of methoxy groups -OCH3 is 1. The number of hydrogen-bond donors (Lipinski definition) is 0. The van der Waals surface area contributed by atoms with Crippen LogP contribution in [0.4, 0.5) is 0 Å². The lowest BCUT2D eigenvalue weighted by Crippen LogP contribution is -2.19. The third kappa shape index (κ3) is 4.40. The molecule has 0 saturated heterocycles. The number of nitrogens with zero attached hydrogens (tertiary/aromatic N) is 2. The average Bonchev–Trinajstić information content (AvgIpc) is 2.53. The molecule has 2 rings (SSSR count). The van der Waals surface area contributed by atoms with E-state index in [1.165, 1.54) is 37.5 Å². The predicted octanol–water partition coefficient (Wildman–Crippen LogP) is 4.75. The number of allylic oxidation sites excluding steroid dienone is 5. The molecule has 0 bridgehead atoms. The van der Waals surface area contributed by atoms with E-state index in [1.54, 1.807) is 12.4 Å². The molecule has 1 aliphatic rings. The zero-order valence-corrected chi connectivity index (χ0v) is 15.2. The maximum atomic E-state index is 11.3. The van der Waals surface area contributed by atoms with Gasteiger partial charge in [0.25, 0.3) is 0 Å². The Morgan fingerprint density at radius 1 is 1.29 bits per heavy atom. The van der Waals surface area contributed by atoms with Gasteiger partial charge in [-0.25, -0.2) is 14.8 Å². The molecule has 0 fully saturated rings. The van der Waals surface area contributed by atoms with Gasteiger partial charge in [-0.1, -0.05) is 37.1 Å². The van der Waals surface area contributed by atoms with Crippen molar-refractivity contribution >= 4 is 12.0 Å². The summed E-state index contributed by atoms with van der Waals surface area (Å²) in [4.78, 5) is 19.4. The minimum absolute atomic E-state index is 0.0765. The highest BCUT2D eigenvalue weighted by Crippen LogP contribution is 2.40. The smallest absolute Gasteiger partial charge is 0.376 e. The molecular formula is C20H26N2O2. The van der Waals surface area contributed by atoms with Crippen LogP contribution < -0.4 is 0 Å². The van der Waals surface area contributed by atoms with E-state index in [0.717, 1.165) is 11.1 Å². The third-order valence-electron chi connectivity index (χ3n) is 4.49. The van der Waals surface area contributed by atoms with E-state index in [9.17, 15) is 4.79 Å². The number of aromatic nitrogens is 2. The Balaban J connectivity index is 2.15. The van der Waals surface area contributed by atoms with Crippen LogP contribution in [0.25, 0.3) is 6.08 Å². The highest BCUT2D eigenvalue weighted by Gasteiger charge is 2.26. The van der Waals surface area contributed by atoms with Gasteiger partial charge in [-0.15, -0.1) is 0 Å². The zero-order valence-electron chi connectivity index (χ0n) is 15.2. The lowest BCUT2D eigenvalue weighted by molar-refractivity contribution is 0.0586. The Hall–Kier alpha value is -2.23. The molecule has 0 saturated carbocycles. The van der Waals surface area contributed by atoms with Gasteiger partial charge in [0, 0.05) is 18.0 Å². The van der Waals surface area contributed by atoms with Crippen LogP contribution in [0, 0.1) is 5.41 Å². The molecule has 0 aromatic carbocycles. The number of esters is 1. The number of carbonyl (C=O) groups excluding carboxylic acids is 1. The molecule has 0 radical (unpaired) electrons. The fourth-order valence-corrected chi connectivity index (χ4v) is 3.15. The fourth-order valence-electron chi connectivity index (χ4n) is 3.15. The molecule has 1 aromatic rings. The monoisotopic (exact) mass is 326 g/mol. The molecule has 0 N–H and O–H groups in total. The van der Waals surface area contributed by atoms with Crippen LogP contribution in [0.5, 0.6) is 0 Å². The number of rotatable bonds is 4. The van der Waals surface area contributed by atoms with Crippen LogP contribution in [0.3, 0.4) is 0 Å². The first-order valence-electron chi connectivity index (χ1n) is 8.30. The summed E-state index contributed by atoms with van der Waals surface area (Å²) >= 11 is 0. The Morgan fingerprint density at radius 3 is 2.54 bits per heavy atom. The van der Waals surface area contributed by atoms with Crippen molar-refractivity contribution in [1.82, 2.24) is 9.97 Å². The molecule has 1 heterocycles. The van der Waals surface area contributed by atoms with Gasteiger partial charge in [-0.3, -0.25) is 0 Å². The van der Waals surface area contributed by atoms with Gasteiger partial charge in [0.05, 0.1) is 7.11 Å². The minimum atomic E-state index is -0.524. The third-order valence-corrected chi connectivity index (χ3v) is 4.49. The van der Waals surface area contributed by atoms with Gasteiger partial charge >= 0.3 is 5.97 Å². The Labute approximate surface area is 144 Å². The van der Waals surface area contributed by atoms with Crippen molar-refractivity contribution in [2.45, 2.75) is 47.0 Å². The maximum Gasteiger partial charge on any atom is 0.376 e. The highest BCUT2D eigenvalue weighted by atomic mass is 16.5. The normalized spacial score (nSPS) is 18.1. The van der Waals surface area contributed by atoms with E-state index in [2.05, 4.69) is 54.6 Å². The number of hydrogen-bond acceptors (Lipinski definition) is 4. The van der Waals surface area contributed by atoms with Crippen molar-refractivity contribution in [3.8, 4) is 0 Å². The first-order chi connectivity index (χ1) is 11.3. The largest absolute Gasteiger partial charge is 0.463 e. The van der Waals surface area contributed by atoms with Crippen LogP contribution in [-0.2, 0) is 4.74 Å². The molecule has 4 nitrogen and oxygen atoms in total. The highest BCUT2D eigenvalue weighted by molar-refractivity contribution is 5.84. The van der Waals surface area contributed by atoms with Gasteiger partial charge < -0.3 is 4.74 Å². The summed E-state index contributed by atoms with van der Waals surface area (Å²) in [5.74, 6) is -0.448. The van der Waals surface area contributed by atoms with Crippen LogP contribution in [0.15, 0.2) is 41.3 Å². The average molecular weight is 326 g/mol. The molecule has 1 aromatic heterocycles. The van der Waals surface area contributed by atoms with Gasteiger partial charge in [0.2, 0.25) is 5.82 Å². The minimum Gasteiger partial charge on any atom is -0.463 e. The summed E-state index contributed by atoms with van der Waals surface area (Å²) in [6, 6.07) is 0. The lowest BCUT2D eigenvalue weighted by atomic mass is 9.72. The predicted molar refractivity (Wildman–Crippen MR) is 96.5 cm³/mol. The number of carbonyl (C=O) groups is 1. The first-order valence-corrected chi connectivity index (χ1v) is 8.30. The van der Waals surface area contributed by atoms with E-state index in [1.807, 2.05) is 6.08 Å². The van der Waals surface area contributed by atoms with Gasteiger partial charge in [0.15, 0.2) is 0 Å². The van der Waals surface area contributed by atoms with Crippen molar-refractivity contribution in [1.29, 1.82) is 0 Å². The Kier molecular flexibility index (Phi) is 5.71. The maximum absolute atomic E-state index is 11.3. The first kappa shape index (κ1) is 18.1. The summed E-state index contributed by atoms with van der Waals surface area (Å²) in [5, 5.41) is 0. The van der Waals surface area contributed by atoms with Crippen LogP contribution >= 0.6 is 0 Å². The lowest BCUT2D eigenvalue weighted by Gasteiger charge is -2.32. The second-order valence-electron chi connectivity index (χ2n) is 6.98. The van der Waals surface area contributed by atoms with Crippen molar-refractivity contribution in [3.63, 3.8) is 0 Å². The van der Waals surface area contributed by atoms with Gasteiger partial charge in [-0.05, 0) is 50.2 Å². The molecule has 4 heteroatoms. The summed E-state index contributed by atoms with van der Waals surface area (Å²) in [6.07, 6.45) is 13.3. The van der Waals surface area contributed by atoms with E-state index >= 15 is 0 Å². The molecular weight excluding hydrogens is 300 g/mol. The van der Waals surface area contributed by atoms with Crippen LogP contribution in [0.2, 0.25) is 0 Å². The molecule has 0 aliphatic heterocycles. The summed E-state index contributed by atoms with van der Waals surface area (Å²) in [6.45, 7) is 8.91. The topological polar surface area (TPSA) is 52.1 Å². The number of ether oxygens (including phenoxy) is 1. The van der Waals surface area contributed by atoms with Gasteiger partial charge in [-0.2, -0.15) is 0 Å². The molecule has 0 spiro atoms. The van der Waals surface area contributed by atoms with E-state index in [4.69, 9.17) is 0 Å². The van der Waals surface area contributed by atoms with Crippen LogP contribution in [-0.4, -0.2) is 23.0 Å². The SMILES string of the molecule is COC(=O)c1ncc(/C=C(\C)C=CC2=C(C)CCCC2(C)C)cn1. The quantitative estimate of drug-likeness (QED) is 0.592. The Morgan fingerprint density at radius 2 is 1.96 bits per heavy atom.